The van der Waals surface area contributed by atoms with Crippen molar-refractivity contribution >= 4 is 0 Å². The van der Waals surface area contributed by atoms with Crippen molar-refractivity contribution in [3.05, 3.63) is 0 Å². The summed E-state index contributed by atoms with van der Waals surface area (Å²) in [6, 6.07) is 0. The van der Waals surface area contributed by atoms with E-state index in [2.05, 4.69) is 27.7 Å². The summed E-state index contributed by atoms with van der Waals surface area (Å²) in [6.45, 7) is 9.52. The zero-order chi connectivity index (χ0) is 7.98. The average molecular weight is 144 g/mol. The Bertz CT molecular complexity index is 61.1. The molecule has 0 fully saturated rings. The van der Waals surface area contributed by atoms with E-state index in [0.29, 0.717) is 12.0 Å². The van der Waals surface area contributed by atoms with Gasteiger partial charge in [-0.05, 0) is 26.2 Å². The van der Waals surface area contributed by atoms with E-state index in [1.165, 1.54) is 12.8 Å². The van der Waals surface area contributed by atoms with Crippen molar-refractivity contribution in [1.29, 1.82) is 0 Å². The Kier molecular flexibility index (Phi) is 5.70. The van der Waals surface area contributed by atoms with Gasteiger partial charge in [-0.2, -0.15) is 0 Å². The lowest BCUT2D eigenvalue weighted by Gasteiger charge is -2.18. The maximum Gasteiger partial charge on any atom is 0.0572 e. The molecular formula is C9H20O. The van der Waals surface area contributed by atoms with E-state index < -0.39 is 0 Å². The Morgan fingerprint density at radius 2 is 1.80 bits per heavy atom. The molecule has 0 rings (SSSR count). The van der Waals surface area contributed by atoms with E-state index in [0.717, 1.165) is 6.61 Å². The molecule has 0 heterocycles. The Labute approximate surface area is 64.8 Å². The molecule has 0 aliphatic rings. The minimum Gasteiger partial charge on any atom is -0.379 e. The summed E-state index contributed by atoms with van der Waals surface area (Å²) < 4.78 is 5.46. The van der Waals surface area contributed by atoms with Gasteiger partial charge in [0.05, 0.1) is 6.10 Å². The van der Waals surface area contributed by atoms with E-state index in [-0.39, 0.29) is 0 Å². The highest BCUT2D eigenvalue weighted by molar-refractivity contribution is 4.59. The molecule has 0 saturated heterocycles. The van der Waals surface area contributed by atoms with Crippen LogP contribution in [0.1, 0.15) is 40.5 Å². The molecule has 0 aromatic heterocycles. The molecule has 0 spiro atoms. The van der Waals surface area contributed by atoms with E-state index >= 15 is 0 Å². The molecule has 0 saturated carbocycles. The summed E-state index contributed by atoms with van der Waals surface area (Å²) >= 11 is 0. The lowest BCUT2D eigenvalue weighted by Crippen LogP contribution is -2.17. The number of rotatable bonds is 5. The quantitative estimate of drug-likeness (QED) is 0.576. The Morgan fingerprint density at radius 3 is 2.20 bits per heavy atom. The van der Waals surface area contributed by atoms with Gasteiger partial charge in [-0.1, -0.05) is 20.3 Å². The molecule has 1 heteroatoms. The summed E-state index contributed by atoms with van der Waals surface area (Å²) in [5.74, 6) is 0.713. The zero-order valence-corrected chi connectivity index (χ0v) is 7.68. The lowest BCUT2D eigenvalue weighted by atomic mass is 10.0. The van der Waals surface area contributed by atoms with Crippen LogP contribution < -0.4 is 0 Å². The predicted octanol–water partition coefficient (Wildman–Crippen LogP) is 2.85. The van der Waals surface area contributed by atoms with E-state index in [9.17, 15) is 0 Å². The summed E-state index contributed by atoms with van der Waals surface area (Å²) in [5, 5.41) is 0. The molecule has 0 aromatic carbocycles. The first-order valence-electron chi connectivity index (χ1n) is 4.33. The first kappa shape index (κ1) is 9.96. The van der Waals surface area contributed by atoms with Crippen molar-refractivity contribution in [2.45, 2.75) is 46.6 Å². The second kappa shape index (κ2) is 5.72. The maximum absolute atomic E-state index is 5.46. The third-order valence-electron chi connectivity index (χ3n) is 1.97. The first-order chi connectivity index (χ1) is 4.72. The van der Waals surface area contributed by atoms with Gasteiger partial charge in [-0.3, -0.25) is 0 Å². The number of hydrogen-bond acceptors (Lipinski definition) is 1. The van der Waals surface area contributed by atoms with Gasteiger partial charge in [0.15, 0.2) is 0 Å². The highest BCUT2D eigenvalue weighted by Gasteiger charge is 2.09. The van der Waals surface area contributed by atoms with Crippen molar-refractivity contribution in [3.8, 4) is 0 Å². The Balaban J connectivity index is 3.38. The van der Waals surface area contributed by atoms with E-state index in [1.807, 2.05) is 0 Å². The summed E-state index contributed by atoms with van der Waals surface area (Å²) in [4.78, 5) is 0. The van der Waals surface area contributed by atoms with Crippen LogP contribution in [0.4, 0.5) is 0 Å². The van der Waals surface area contributed by atoms with Crippen LogP contribution in [0.15, 0.2) is 0 Å². The van der Waals surface area contributed by atoms with Gasteiger partial charge >= 0.3 is 0 Å². The normalized spacial score (nSPS) is 16.8. The summed E-state index contributed by atoms with van der Waals surface area (Å²) in [5.41, 5.74) is 0. The largest absolute Gasteiger partial charge is 0.379 e. The molecule has 10 heavy (non-hydrogen) atoms. The van der Waals surface area contributed by atoms with Gasteiger partial charge in [0.1, 0.15) is 0 Å². The van der Waals surface area contributed by atoms with Crippen LogP contribution in [0, 0.1) is 5.92 Å². The summed E-state index contributed by atoms with van der Waals surface area (Å²) in [7, 11) is 0. The van der Waals surface area contributed by atoms with Gasteiger partial charge in [-0.15, -0.1) is 0 Å². The molecule has 2 unspecified atom stereocenters. The van der Waals surface area contributed by atoms with Gasteiger partial charge in [0.25, 0.3) is 0 Å². The van der Waals surface area contributed by atoms with Crippen LogP contribution in [0.5, 0.6) is 0 Å². The van der Waals surface area contributed by atoms with Crippen LogP contribution >= 0.6 is 0 Å². The second-order valence-corrected chi connectivity index (χ2v) is 2.93. The molecule has 0 aliphatic carbocycles. The van der Waals surface area contributed by atoms with Crippen LogP contribution in [-0.2, 0) is 4.74 Å². The minimum absolute atomic E-state index is 0.435. The summed E-state index contributed by atoms with van der Waals surface area (Å²) in [6.07, 6.45) is 2.98. The number of hydrogen-bond donors (Lipinski definition) is 0. The Morgan fingerprint density at radius 1 is 1.20 bits per heavy atom. The first-order valence-corrected chi connectivity index (χ1v) is 4.33. The fourth-order valence-electron chi connectivity index (χ4n) is 1.12. The molecule has 62 valence electrons. The highest BCUT2D eigenvalue weighted by Crippen LogP contribution is 2.12. The molecule has 0 amide bonds. The standard InChI is InChI=1S/C9H20O/c1-5-7-8(3)9(4)10-6-2/h8-9H,5-7H2,1-4H3. The van der Waals surface area contributed by atoms with Gasteiger partial charge in [0, 0.05) is 6.61 Å². The average Bonchev–Trinajstić information content (AvgIpc) is 1.89. The highest BCUT2D eigenvalue weighted by atomic mass is 16.5. The molecule has 0 aliphatic heterocycles. The van der Waals surface area contributed by atoms with Crippen molar-refractivity contribution in [3.63, 3.8) is 0 Å². The topological polar surface area (TPSA) is 9.23 Å². The fourth-order valence-corrected chi connectivity index (χ4v) is 1.12. The minimum atomic E-state index is 0.435. The third-order valence-corrected chi connectivity index (χ3v) is 1.97. The molecule has 0 aromatic rings. The van der Waals surface area contributed by atoms with Crippen LogP contribution in [0.2, 0.25) is 0 Å². The monoisotopic (exact) mass is 144 g/mol. The molecular weight excluding hydrogens is 124 g/mol. The molecule has 1 nitrogen and oxygen atoms in total. The van der Waals surface area contributed by atoms with Crippen LogP contribution in [-0.4, -0.2) is 12.7 Å². The van der Waals surface area contributed by atoms with E-state index in [4.69, 9.17) is 4.74 Å². The maximum atomic E-state index is 5.46. The molecule has 0 bridgehead atoms. The molecule has 2 atom stereocenters. The molecule has 0 radical (unpaired) electrons. The van der Waals surface area contributed by atoms with Crippen molar-refractivity contribution in [2.75, 3.05) is 6.61 Å². The fraction of sp³-hybridized carbons (Fsp3) is 1.00. The molecule has 0 N–H and O–H groups in total. The van der Waals surface area contributed by atoms with Crippen LogP contribution in [0.3, 0.4) is 0 Å². The smallest absolute Gasteiger partial charge is 0.0572 e. The van der Waals surface area contributed by atoms with Crippen molar-refractivity contribution < 1.29 is 4.74 Å². The van der Waals surface area contributed by atoms with E-state index in [1.54, 1.807) is 0 Å². The van der Waals surface area contributed by atoms with Gasteiger partial charge < -0.3 is 4.74 Å². The predicted molar refractivity (Wildman–Crippen MR) is 45.2 cm³/mol. The number of ether oxygens (including phenoxy) is 1. The van der Waals surface area contributed by atoms with Crippen molar-refractivity contribution in [1.82, 2.24) is 0 Å². The van der Waals surface area contributed by atoms with Crippen LogP contribution in [0.25, 0.3) is 0 Å². The SMILES string of the molecule is CCCC(C)C(C)OCC. The zero-order valence-electron chi connectivity index (χ0n) is 7.68. The third kappa shape index (κ3) is 3.89. The van der Waals surface area contributed by atoms with Crippen molar-refractivity contribution in [2.24, 2.45) is 5.92 Å². The van der Waals surface area contributed by atoms with Gasteiger partial charge in [-0.25, -0.2) is 0 Å². The second-order valence-electron chi connectivity index (χ2n) is 2.93. The lowest BCUT2D eigenvalue weighted by molar-refractivity contribution is 0.0359. The van der Waals surface area contributed by atoms with Gasteiger partial charge in [0.2, 0.25) is 0 Å². The Hall–Kier alpha value is -0.0400.